The van der Waals surface area contributed by atoms with Gasteiger partial charge >= 0.3 is 0 Å². The minimum Gasteiger partial charge on any atom is -0.490 e. The van der Waals surface area contributed by atoms with Crippen LogP contribution in [0.3, 0.4) is 0 Å². The maximum atomic E-state index is 13.0. The van der Waals surface area contributed by atoms with E-state index >= 15 is 0 Å². The number of rotatable bonds is 3. The molecule has 4 rings (SSSR count). The van der Waals surface area contributed by atoms with Gasteiger partial charge in [0.05, 0.1) is 25.4 Å². The van der Waals surface area contributed by atoms with Crippen molar-refractivity contribution < 1.29 is 27.4 Å². The summed E-state index contributed by atoms with van der Waals surface area (Å²) < 4.78 is 46.0. The smallest absolute Gasteiger partial charge is 0.282 e. The molecule has 0 spiro atoms. The van der Waals surface area contributed by atoms with Crippen molar-refractivity contribution in [3.63, 3.8) is 0 Å². The number of hydrogen-bond donors (Lipinski definition) is 0. The number of hydrogen-bond acceptors (Lipinski definition) is 6. The van der Waals surface area contributed by atoms with Gasteiger partial charge in [0.1, 0.15) is 0 Å². The molecule has 3 aliphatic heterocycles. The van der Waals surface area contributed by atoms with Crippen LogP contribution in [0.4, 0.5) is 0 Å². The molecule has 0 saturated carbocycles. The van der Waals surface area contributed by atoms with Crippen LogP contribution in [0.5, 0.6) is 11.5 Å². The first-order valence-corrected chi connectivity index (χ1v) is 11.8. The second-order valence-electron chi connectivity index (χ2n) is 7.99. The van der Waals surface area contributed by atoms with Gasteiger partial charge in [-0.05, 0) is 32.0 Å². The van der Waals surface area contributed by atoms with Gasteiger partial charge in [-0.1, -0.05) is 0 Å². The molecule has 2 fully saturated rings. The topological polar surface area (TPSA) is 88.6 Å². The predicted molar refractivity (Wildman–Crippen MR) is 110 cm³/mol. The minimum atomic E-state index is -3.57. The Labute approximate surface area is 177 Å². The molecule has 1 amide bonds. The third-order valence-corrected chi connectivity index (χ3v) is 7.53. The lowest BCUT2D eigenvalue weighted by atomic mass is 10.1. The van der Waals surface area contributed by atoms with Crippen molar-refractivity contribution in [1.29, 1.82) is 0 Å². The molecule has 30 heavy (non-hydrogen) atoms. The number of piperazine rings is 1. The van der Waals surface area contributed by atoms with E-state index in [-0.39, 0.29) is 31.2 Å². The van der Waals surface area contributed by atoms with Crippen LogP contribution < -0.4 is 9.47 Å². The van der Waals surface area contributed by atoms with Gasteiger partial charge in [-0.15, -0.1) is 0 Å². The normalized spacial score (nSPS) is 26.3. The summed E-state index contributed by atoms with van der Waals surface area (Å²) in [4.78, 5) is 14.6. The van der Waals surface area contributed by atoms with Crippen LogP contribution in [0.2, 0.25) is 0 Å². The van der Waals surface area contributed by atoms with Crippen molar-refractivity contribution in [1.82, 2.24) is 13.5 Å². The zero-order chi connectivity index (χ0) is 21.3. The highest BCUT2D eigenvalue weighted by Gasteiger charge is 2.37. The van der Waals surface area contributed by atoms with Crippen molar-refractivity contribution in [2.45, 2.75) is 32.5 Å². The molecule has 2 unspecified atom stereocenters. The van der Waals surface area contributed by atoms with Crippen molar-refractivity contribution in [3.8, 4) is 11.5 Å². The molecular weight excluding hydrogens is 410 g/mol. The highest BCUT2D eigenvalue weighted by atomic mass is 32.2. The molecule has 0 radical (unpaired) electrons. The molecule has 0 aliphatic carbocycles. The number of nitrogens with zero attached hydrogens (tertiary/aromatic N) is 3. The lowest BCUT2D eigenvalue weighted by molar-refractivity contribution is -0.0457. The molecular formula is C20H29N3O6S. The fourth-order valence-electron chi connectivity index (χ4n) is 4.08. The van der Waals surface area contributed by atoms with Gasteiger partial charge < -0.3 is 19.1 Å². The average molecular weight is 440 g/mol. The fourth-order valence-corrected chi connectivity index (χ4v) is 5.83. The highest BCUT2D eigenvalue weighted by molar-refractivity contribution is 7.86. The molecule has 2 atom stereocenters. The van der Waals surface area contributed by atoms with Gasteiger partial charge in [-0.2, -0.15) is 17.0 Å². The van der Waals surface area contributed by atoms with Crippen molar-refractivity contribution in [2.24, 2.45) is 0 Å². The number of ether oxygens (including phenoxy) is 3. The fraction of sp³-hybridized carbons (Fsp3) is 0.650. The summed E-state index contributed by atoms with van der Waals surface area (Å²) in [6.07, 6.45) is 0.534. The molecule has 0 bridgehead atoms. The van der Waals surface area contributed by atoms with Gasteiger partial charge in [0, 0.05) is 51.3 Å². The summed E-state index contributed by atoms with van der Waals surface area (Å²) in [5.41, 5.74) is 0.520. The maximum Gasteiger partial charge on any atom is 0.282 e. The maximum absolute atomic E-state index is 13.0. The van der Waals surface area contributed by atoms with Crippen LogP contribution in [0, 0.1) is 0 Å². The van der Waals surface area contributed by atoms with E-state index in [0.29, 0.717) is 56.5 Å². The zero-order valence-corrected chi connectivity index (χ0v) is 18.3. The lowest BCUT2D eigenvalue weighted by Gasteiger charge is -2.40. The summed E-state index contributed by atoms with van der Waals surface area (Å²) in [6, 6.07) is 5.20. The number of carbonyl (C=O) groups is 1. The van der Waals surface area contributed by atoms with E-state index in [1.54, 1.807) is 23.1 Å². The molecule has 9 nitrogen and oxygen atoms in total. The van der Waals surface area contributed by atoms with Crippen molar-refractivity contribution in [2.75, 3.05) is 52.5 Å². The summed E-state index contributed by atoms with van der Waals surface area (Å²) in [5, 5.41) is 0. The highest BCUT2D eigenvalue weighted by Crippen LogP contribution is 2.31. The van der Waals surface area contributed by atoms with Crippen LogP contribution in [-0.2, 0) is 14.9 Å². The van der Waals surface area contributed by atoms with Crippen LogP contribution >= 0.6 is 0 Å². The van der Waals surface area contributed by atoms with Crippen molar-refractivity contribution >= 4 is 16.1 Å². The van der Waals surface area contributed by atoms with Gasteiger partial charge in [-0.25, -0.2) is 0 Å². The zero-order valence-electron chi connectivity index (χ0n) is 17.5. The largest absolute Gasteiger partial charge is 0.490 e. The third kappa shape index (κ3) is 4.41. The molecule has 3 aliphatic rings. The first kappa shape index (κ1) is 21.4. The minimum absolute atomic E-state index is 0.128. The summed E-state index contributed by atoms with van der Waals surface area (Å²) >= 11 is 0. The van der Waals surface area contributed by atoms with Gasteiger partial charge in [0.15, 0.2) is 11.5 Å². The number of carbonyl (C=O) groups excluding carboxylic acids is 1. The van der Waals surface area contributed by atoms with E-state index in [1.807, 2.05) is 13.8 Å². The second-order valence-corrected chi connectivity index (χ2v) is 9.91. The first-order valence-electron chi connectivity index (χ1n) is 10.4. The van der Waals surface area contributed by atoms with E-state index in [0.717, 1.165) is 6.42 Å². The van der Waals surface area contributed by atoms with E-state index in [2.05, 4.69) is 0 Å². The Hall–Kier alpha value is -1.88. The van der Waals surface area contributed by atoms with Crippen LogP contribution in [0.15, 0.2) is 18.2 Å². The van der Waals surface area contributed by atoms with Crippen LogP contribution in [0.1, 0.15) is 30.6 Å². The van der Waals surface area contributed by atoms with Gasteiger partial charge in [0.25, 0.3) is 16.1 Å². The molecule has 1 aromatic rings. The number of fused-ring (bicyclic) bond motifs is 1. The Morgan fingerprint density at radius 2 is 1.57 bits per heavy atom. The van der Waals surface area contributed by atoms with Gasteiger partial charge in [-0.3, -0.25) is 4.79 Å². The Kier molecular flexibility index (Phi) is 6.19. The summed E-state index contributed by atoms with van der Waals surface area (Å²) in [6.45, 7) is 6.86. The second kappa shape index (κ2) is 8.70. The van der Waals surface area contributed by atoms with Crippen LogP contribution in [-0.4, -0.2) is 92.5 Å². The molecule has 1 aromatic carbocycles. The molecule has 166 valence electrons. The average Bonchev–Trinajstić information content (AvgIpc) is 2.97. The predicted octanol–water partition coefficient (Wildman–Crippen LogP) is 0.960. The van der Waals surface area contributed by atoms with Crippen molar-refractivity contribution in [3.05, 3.63) is 23.8 Å². The third-order valence-electron chi connectivity index (χ3n) is 5.56. The van der Waals surface area contributed by atoms with Crippen LogP contribution in [0.25, 0.3) is 0 Å². The van der Waals surface area contributed by atoms with E-state index in [9.17, 15) is 13.2 Å². The number of benzene rings is 1. The molecule has 2 saturated heterocycles. The lowest BCUT2D eigenvalue weighted by Crippen LogP contribution is -2.57. The SMILES string of the molecule is CC1CN(S(=O)(=O)N2CCN(C(=O)c3ccc4c(c3)OCCCO4)CC2)CC(C)O1. The Bertz CT molecular complexity index is 875. The van der Waals surface area contributed by atoms with E-state index in [4.69, 9.17) is 14.2 Å². The van der Waals surface area contributed by atoms with E-state index in [1.165, 1.54) is 8.61 Å². The standard InChI is InChI=1S/C20H29N3O6S/c1-15-13-23(14-16(2)29-15)30(25,26)22-8-6-21(7-9-22)20(24)17-4-5-18-19(12-17)28-11-3-10-27-18/h4-5,12,15-16H,3,6-11,13-14H2,1-2H3. The summed E-state index contributed by atoms with van der Waals surface area (Å²) in [5.74, 6) is 1.10. The summed E-state index contributed by atoms with van der Waals surface area (Å²) in [7, 11) is -3.57. The Balaban J connectivity index is 1.39. The Morgan fingerprint density at radius 3 is 2.23 bits per heavy atom. The quantitative estimate of drug-likeness (QED) is 0.697. The molecule has 0 aromatic heterocycles. The molecule has 3 heterocycles. The number of morpholine rings is 1. The Morgan fingerprint density at radius 1 is 0.933 bits per heavy atom. The molecule has 10 heteroatoms. The first-order chi connectivity index (χ1) is 14.3. The van der Waals surface area contributed by atoms with Gasteiger partial charge in [0.2, 0.25) is 0 Å². The molecule has 0 N–H and O–H groups in total. The van der Waals surface area contributed by atoms with E-state index < -0.39 is 10.2 Å². The number of amides is 1. The monoisotopic (exact) mass is 439 g/mol.